The van der Waals surface area contributed by atoms with Gasteiger partial charge in [0.25, 0.3) is 0 Å². The van der Waals surface area contributed by atoms with Gasteiger partial charge in [-0.05, 0) is 19.3 Å². The number of hydrogen-bond donors (Lipinski definition) is 1. The van der Waals surface area contributed by atoms with Crippen LogP contribution in [0.3, 0.4) is 0 Å². The fourth-order valence-corrected chi connectivity index (χ4v) is 5.91. The van der Waals surface area contributed by atoms with E-state index in [0.717, 1.165) is 0 Å². The number of nitrogens with two attached hydrogens (primary N) is 1. The zero-order valence-corrected chi connectivity index (χ0v) is 28.7. The fraction of sp³-hybridized carbons (Fsp3) is 1.00. The quantitative estimate of drug-likeness (QED) is 0.0595. The van der Waals surface area contributed by atoms with Crippen molar-refractivity contribution < 1.29 is 0 Å². The van der Waals surface area contributed by atoms with Crippen LogP contribution in [0, 0.1) is 0 Å². The van der Waals surface area contributed by atoms with Gasteiger partial charge in [-0.3, -0.25) is 0 Å². The van der Waals surface area contributed by atoms with Crippen LogP contribution in [-0.2, 0) is 0 Å². The lowest BCUT2D eigenvalue weighted by molar-refractivity contribution is 0.302. The second-order valence-electron chi connectivity index (χ2n) is 12.5. The zero-order chi connectivity index (χ0) is 26.4. The molecule has 0 aliphatic carbocycles. The van der Waals surface area contributed by atoms with Crippen molar-refractivity contribution in [2.24, 2.45) is 5.73 Å². The van der Waals surface area contributed by atoms with Crippen molar-refractivity contribution in [2.75, 3.05) is 0 Å². The zero-order valence-electron chi connectivity index (χ0n) is 26.4. The molecule has 37 heavy (non-hydrogen) atoms. The Morgan fingerprint density at radius 3 is 0.649 bits per heavy atom. The molecule has 0 saturated carbocycles. The maximum Gasteiger partial charge on any atom is 0.0154 e. The van der Waals surface area contributed by atoms with Gasteiger partial charge in [0.05, 0.1) is 0 Å². The third-order valence-corrected chi connectivity index (χ3v) is 8.58. The van der Waals surface area contributed by atoms with Crippen LogP contribution in [0.15, 0.2) is 0 Å². The van der Waals surface area contributed by atoms with E-state index in [1.807, 2.05) is 0 Å². The maximum absolute atomic E-state index is 7.10. The van der Waals surface area contributed by atoms with Gasteiger partial charge in [0.1, 0.15) is 0 Å². The van der Waals surface area contributed by atoms with Gasteiger partial charge in [0, 0.05) is 5.54 Å². The summed E-state index contributed by atoms with van der Waals surface area (Å²) in [4.78, 5) is 0. The minimum atomic E-state index is 0. The molecule has 0 aromatic carbocycles. The van der Waals surface area contributed by atoms with Crippen LogP contribution in [0.25, 0.3) is 0 Å². The summed E-state index contributed by atoms with van der Waals surface area (Å²) in [7, 11) is 0. The van der Waals surface area contributed by atoms with E-state index in [-0.39, 0.29) is 29.5 Å². The van der Waals surface area contributed by atoms with Crippen molar-refractivity contribution in [3.05, 3.63) is 0 Å². The van der Waals surface area contributed by atoms with E-state index in [1.54, 1.807) is 0 Å². The second kappa shape index (κ2) is 32.9. The molecular formula is C35H74IN. The monoisotopic (exact) mass is 635 g/mol. The van der Waals surface area contributed by atoms with Crippen LogP contribution in [-0.4, -0.2) is 5.54 Å². The molecule has 0 spiro atoms. The molecule has 0 aromatic heterocycles. The van der Waals surface area contributed by atoms with Crippen LogP contribution in [0.4, 0.5) is 0 Å². The Balaban J connectivity index is 0. The van der Waals surface area contributed by atoms with E-state index >= 15 is 0 Å². The minimum Gasteiger partial charge on any atom is -0.325 e. The number of unbranched alkanes of at least 4 members (excludes halogenated alkanes) is 25. The molecule has 2 heteroatoms. The van der Waals surface area contributed by atoms with Crippen LogP contribution in [0.1, 0.15) is 220 Å². The van der Waals surface area contributed by atoms with Crippen molar-refractivity contribution in [1.82, 2.24) is 0 Å². The summed E-state index contributed by atoms with van der Waals surface area (Å²) in [5.74, 6) is 0. The van der Waals surface area contributed by atoms with Crippen molar-refractivity contribution in [2.45, 2.75) is 225 Å². The van der Waals surface area contributed by atoms with E-state index in [4.69, 9.17) is 5.73 Å². The summed E-state index contributed by atoms with van der Waals surface area (Å²) in [6.07, 6.45) is 43.6. The Bertz CT molecular complexity index is 375. The van der Waals surface area contributed by atoms with Crippen LogP contribution in [0.2, 0.25) is 0 Å². The second-order valence-corrected chi connectivity index (χ2v) is 12.5. The molecule has 0 fully saturated rings. The molecule has 0 heterocycles. The standard InChI is InChI=1S/C35H73N.HI/c1-4-7-10-13-16-19-22-25-28-31-34-35(36,32-29-26-23-20-17-14-11-8-5-2)33-30-27-24-21-18-15-12-9-6-3;/h4-34,36H2,1-3H3;1H. The summed E-state index contributed by atoms with van der Waals surface area (Å²) in [5.41, 5.74) is 7.23. The number of halogens is 1. The molecule has 0 aliphatic rings. The van der Waals surface area contributed by atoms with Gasteiger partial charge in [0.2, 0.25) is 0 Å². The van der Waals surface area contributed by atoms with Crippen molar-refractivity contribution in [1.29, 1.82) is 0 Å². The molecule has 0 unspecified atom stereocenters. The molecule has 226 valence electrons. The van der Waals surface area contributed by atoms with Crippen LogP contribution < -0.4 is 5.73 Å². The highest BCUT2D eigenvalue weighted by Gasteiger charge is 2.23. The first-order valence-electron chi connectivity index (χ1n) is 17.5. The van der Waals surface area contributed by atoms with E-state index in [1.165, 1.54) is 199 Å². The Morgan fingerprint density at radius 1 is 0.297 bits per heavy atom. The number of rotatable bonds is 31. The normalized spacial score (nSPS) is 11.7. The maximum atomic E-state index is 7.10. The molecular weight excluding hydrogens is 561 g/mol. The fourth-order valence-electron chi connectivity index (χ4n) is 5.91. The summed E-state index contributed by atoms with van der Waals surface area (Å²) in [5, 5.41) is 0. The Hall–Kier alpha value is 0.690. The SMILES string of the molecule is CCCCCCCCCCCCC(N)(CCCCCCCCCCC)CCCCCCCCCCC.I. The number of hydrogen-bond acceptors (Lipinski definition) is 1. The molecule has 0 aromatic rings. The van der Waals surface area contributed by atoms with E-state index < -0.39 is 0 Å². The smallest absolute Gasteiger partial charge is 0.0154 e. The first-order chi connectivity index (χ1) is 17.7. The third-order valence-electron chi connectivity index (χ3n) is 8.58. The van der Waals surface area contributed by atoms with Crippen molar-refractivity contribution in [3.8, 4) is 0 Å². The Morgan fingerprint density at radius 2 is 0.459 bits per heavy atom. The molecule has 0 atom stereocenters. The van der Waals surface area contributed by atoms with Crippen LogP contribution >= 0.6 is 24.0 Å². The lowest BCUT2D eigenvalue weighted by atomic mass is 9.82. The van der Waals surface area contributed by atoms with Crippen molar-refractivity contribution in [3.63, 3.8) is 0 Å². The predicted octanol–water partition coefficient (Wildman–Crippen LogP) is 13.5. The Kier molecular flexibility index (Phi) is 35.4. The van der Waals surface area contributed by atoms with Crippen LogP contribution in [0.5, 0.6) is 0 Å². The topological polar surface area (TPSA) is 26.0 Å². The average molecular weight is 636 g/mol. The molecule has 2 N–H and O–H groups in total. The van der Waals surface area contributed by atoms with Gasteiger partial charge in [-0.2, -0.15) is 0 Å². The van der Waals surface area contributed by atoms with E-state index in [0.29, 0.717) is 0 Å². The lowest BCUT2D eigenvalue weighted by Gasteiger charge is -2.30. The molecule has 0 bridgehead atoms. The highest BCUT2D eigenvalue weighted by molar-refractivity contribution is 14.0. The lowest BCUT2D eigenvalue weighted by Crippen LogP contribution is -2.39. The molecule has 1 nitrogen and oxygen atoms in total. The highest BCUT2D eigenvalue weighted by atomic mass is 127. The van der Waals surface area contributed by atoms with Gasteiger partial charge >= 0.3 is 0 Å². The van der Waals surface area contributed by atoms with Gasteiger partial charge in [-0.15, -0.1) is 24.0 Å². The largest absolute Gasteiger partial charge is 0.325 e. The summed E-state index contributed by atoms with van der Waals surface area (Å²) in [6, 6.07) is 0. The molecule has 0 saturated heterocycles. The summed E-state index contributed by atoms with van der Waals surface area (Å²) < 4.78 is 0. The van der Waals surface area contributed by atoms with Gasteiger partial charge in [0.15, 0.2) is 0 Å². The molecule has 0 aliphatic heterocycles. The highest BCUT2D eigenvalue weighted by Crippen LogP contribution is 2.27. The van der Waals surface area contributed by atoms with Gasteiger partial charge in [-0.25, -0.2) is 0 Å². The van der Waals surface area contributed by atoms with E-state index in [9.17, 15) is 0 Å². The first-order valence-corrected chi connectivity index (χ1v) is 17.5. The van der Waals surface area contributed by atoms with Crippen molar-refractivity contribution >= 4 is 24.0 Å². The third kappa shape index (κ3) is 31.1. The minimum absolute atomic E-state index is 0. The molecule has 0 radical (unpaired) electrons. The average Bonchev–Trinajstić information content (AvgIpc) is 2.88. The summed E-state index contributed by atoms with van der Waals surface area (Å²) in [6.45, 7) is 6.93. The molecule has 0 rings (SSSR count). The summed E-state index contributed by atoms with van der Waals surface area (Å²) >= 11 is 0. The van der Waals surface area contributed by atoms with Gasteiger partial charge < -0.3 is 5.73 Å². The predicted molar refractivity (Wildman–Crippen MR) is 182 cm³/mol. The van der Waals surface area contributed by atoms with E-state index in [2.05, 4.69) is 20.8 Å². The Labute approximate surface area is 254 Å². The molecule has 0 amide bonds. The van der Waals surface area contributed by atoms with Gasteiger partial charge in [-0.1, -0.05) is 201 Å². The first kappa shape index (κ1) is 39.8.